The maximum Gasteiger partial charge on any atom is 0.134 e. The predicted molar refractivity (Wildman–Crippen MR) is 98.1 cm³/mol. The molecule has 120 valence electrons. The van der Waals surface area contributed by atoms with E-state index in [4.69, 9.17) is 16.0 Å². The van der Waals surface area contributed by atoms with Crippen molar-refractivity contribution in [2.24, 2.45) is 0 Å². The van der Waals surface area contributed by atoms with Crippen LogP contribution in [0.25, 0.3) is 11.3 Å². The number of benzene rings is 2. The molecule has 0 fully saturated rings. The molecular weight excluding hydrogens is 329 g/mol. The average molecular weight is 348 g/mol. The molecule has 0 aliphatic carbocycles. The summed E-state index contributed by atoms with van der Waals surface area (Å²) in [5, 5.41) is 4.15. The highest BCUT2D eigenvalue weighted by Crippen LogP contribution is 2.29. The largest absolute Gasteiger partial charge is 0.460 e. The predicted octanol–water partition coefficient (Wildman–Crippen LogP) is 5.62. The molecule has 1 aromatic heterocycles. The Balaban J connectivity index is 0.00000192. The van der Waals surface area contributed by atoms with Gasteiger partial charge in [-0.25, -0.2) is 0 Å². The molecule has 23 heavy (non-hydrogen) atoms. The van der Waals surface area contributed by atoms with Crippen LogP contribution in [-0.2, 0) is 13.1 Å². The van der Waals surface area contributed by atoms with Gasteiger partial charge in [0, 0.05) is 17.1 Å². The van der Waals surface area contributed by atoms with Gasteiger partial charge in [0.2, 0.25) is 0 Å². The van der Waals surface area contributed by atoms with E-state index in [0.29, 0.717) is 6.54 Å². The van der Waals surface area contributed by atoms with Crippen molar-refractivity contribution in [1.29, 1.82) is 0 Å². The first kappa shape index (κ1) is 17.6. The molecule has 0 atom stereocenters. The summed E-state index contributed by atoms with van der Waals surface area (Å²) < 4.78 is 5.92. The second-order valence-electron chi connectivity index (χ2n) is 5.27. The Kier molecular flexibility index (Phi) is 6.28. The van der Waals surface area contributed by atoms with Gasteiger partial charge in [-0.2, -0.15) is 0 Å². The van der Waals surface area contributed by atoms with Gasteiger partial charge in [-0.15, -0.1) is 12.4 Å². The smallest absolute Gasteiger partial charge is 0.134 e. The molecule has 4 heteroatoms. The summed E-state index contributed by atoms with van der Waals surface area (Å²) in [4.78, 5) is 0. The summed E-state index contributed by atoms with van der Waals surface area (Å²) >= 11 is 6.17. The molecule has 2 nitrogen and oxygen atoms in total. The second-order valence-corrected chi connectivity index (χ2v) is 5.67. The topological polar surface area (TPSA) is 25.2 Å². The van der Waals surface area contributed by atoms with Gasteiger partial charge in [-0.05, 0) is 36.2 Å². The van der Waals surface area contributed by atoms with E-state index in [9.17, 15) is 0 Å². The third-order valence-electron chi connectivity index (χ3n) is 3.67. The van der Waals surface area contributed by atoms with Gasteiger partial charge in [0.1, 0.15) is 11.5 Å². The average Bonchev–Trinajstić information content (AvgIpc) is 3.00. The molecule has 1 heterocycles. The zero-order chi connectivity index (χ0) is 15.4. The highest BCUT2D eigenvalue weighted by atomic mass is 35.5. The molecule has 3 aromatic rings. The summed E-state index contributed by atoms with van der Waals surface area (Å²) in [5.41, 5.74) is 3.35. The summed E-state index contributed by atoms with van der Waals surface area (Å²) in [6.45, 7) is 3.54. The highest BCUT2D eigenvalue weighted by Gasteiger charge is 2.09. The van der Waals surface area contributed by atoms with Crippen molar-refractivity contribution in [1.82, 2.24) is 5.32 Å². The number of furan rings is 1. The number of hydrogen-bond acceptors (Lipinski definition) is 2. The Bertz CT molecular complexity index is 753. The first-order valence-corrected chi connectivity index (χ1v) is 7.70. The lowest BCUT2D eigenvalue weighted by Crippen LogP contribution is -2.11. The summed E-state index contributed by atoms with van der Waals surface area (Å²) in [7, 11) is 0. The van der Waals surface area contributed by atoms with Gasteiger partial charge in [0.25, 0.3) is 0 Å². The van der Waals surface area contributed by atoms with Gasteiger partial charge < -0.3 is 9.73 Å². The zero-order valence-corrected chi connectivity index (χ0v) is 14.5. The van der Waals surface area contributed by atoms with Crippen LogP contribution in [0.1, 0.15) is 16.9 Å². The lowest BCUT2D eigenvalue weighted by atomic mass is 10.1. The van der Waals surface area contributed by atoms with Crippen molar-refractivity contribution in [2.45, 2.75) is 20.0 Å². The summed E-state index contributed by atoms with van der Waals surface area (Å²) in [6, 6.07) is 20.2. The lowest BCUT2D eigenvalue weighted by Gasteiger charge is -2.05. The van der Waals surface area contributed by atoms with E-state index in [2.05, 4.69) is 17.4 Å². The monoisotopic (exact) mass is 347 g/mol. The zero-order valence-electron chi connectivity index (χ0n) is 12.9. The number of nitrogens with one attached hydrogen (secondary N) is 1. The van der Waals surface area contributed by atoms with Crippen molar-refractivity contribution in [3.63, 3.8) is 0 Å². The van der Waals surface area contributed by atoms with E-state index < -0.39 is 0 Å². The van der Waals surface area contributed by atoms with Crippen LogP contribution in [-0.4, -0.2) is 0 Å². The first-order valence-electron chi connectivity index (χ1n) is 7.33. The standard InChI is InChI=1S/C19H18ClNO.ClH/c1-14-17(8-5-9-18(14)20)19-11-10-16(22-19)13-21-12-15-6-3-2-4-7-15;/h2-11,21H,12-13H2,1H3;1H. The number of hydrogen-bond donors (Lipinski definition) is 1. The maximum absolute atomic E-state index is 6.17. The molecule has 1 N–H and O–H groups in total. The fourth-order valence-electron chi connectivity index (χ4n) is 2.42. The van der Waals surface area contributed by atoms with Crippen molar-refractivity contribution in [2.75, 3.05) is 0 Å². The molecule has 0 unspecified atom stereocenters. The minimum absolute atomic E-state index is 0. The first-order chi connectivity index (χ1) is 10.7. The maximum atomic E-state index is 6.17. The van der Waals surface area contributed by atoms with Crippen molar-refractivity contribution in [3.05, 3.63) is 82.6 Å². The Hall–Kier alpha value is -1.74. The Morgan fingerprint density at radius 1 is 0.913 bits per heavy atom. The van der Waals surface area contributed by atoms with Gasteiger partial charge in [-0.1, -0.05) is 54.1 Å². The van der Waals surface area contributed by atoms with Crippen molar-refractivity contribution >= 4 is 24.0 Å². The van der Waals surface area contributed by atoms with Crippen LogP contribution in [0.3, 0.4) is 0 Å². The van der Waals surface area contributed by atoms with Gasteiger partial charge in [0.15, 0.2) is 0 Å². The minimum Gasteiger partial charge on any atom is -0.460 e. The third-order valence-corrected chi connectivity index (χ3v) is 4.08. The van der Waals surface area contributed by atoms with E-state index in [1.54, 1.807) is 0 Å². The lowest BCUT2D eigenvalue weighted by molar-refractivity contribution is 0.493. The molecule has 0 aliphatic heterocycles. The molecular formula is C19H19Cl2NO. The molecule has 0 saturated heterocycles. The number of halogens is 2. The molecule has 0 aliphatic rings. The highest BCUT2D eigenvalue weighted by molar-refractivity contribution is 6.31. The van der Waals surface area contributed by atoms with Gasteiger partial charge >= 0.3 is 0 Å². The van der Waals surface area contributed by atoms with Crippen LogP contribution in [0, 0.1) is 6.92 Å². The molecule has 0 bridgehead atoms. The fraction of sp³-hybridized carbons (Fsp3) is 0.158. The quantitative estimate of drug-likeness (QED) is 0.647. The Labute approximate surface area is 147 Å². The van der Waals surface area contributed by atoms with Crippen LogP contribution in [0.2, 0.25) is 5.02 Å². The van der Waals surface area contributed by atoms with Gasteiger partial charge in [0.05, 0.1) is 6.54 Å². The third kappa shape index (κ3) is 4.38. The van der Waals surface area contributed by atoms with Crippen LogP contribution in [0.15, 0.2) is 65.1 Å². The number of rotatable bonds is 5. The van der Waals surface area contributed by atoms with Crippen molar-refractivity contribution < 1.29 is 4.42 Å². The molecule has 0 spiro atoms. The van der Waals surface area contributed by atoms with E-state index in [1.807, 2.05) is 55.5 Å². The van der Waals surface area contributed by atoms with E-state index >= 15 is 0 Å². The fourth-order valence-corrected chi connectivity index (χ4v) is 2.59. The molecule has 0 saturated carbocycles. The van der Waals surface area contributed by atoms with E-state index in [-0.39, 0.29) is 12.4 Å². The van der Waals surface area contributed by atoms with Crippen LogP contribution in [0.4, 0.5) is 0 Å². The van der Waals surface area contributed by atoms with Crippen LogP contribution >= 0.6 is 24.0 Å². The normalized spacial score (nSPS) is 10.3. The van der Waals surface area contributed by atoms with Crippen LogP contribution in [0.5, 0.6) is 0 Å². The minimum atomic E-state index is 0. The Morgan fingerprint density at radius 2 is 1.70 bits per heavy atom. The molecule has 3 rings (SSSR count). The molecule has 2 aromatic carbocycles. The van der Waals surface area contributed by atoms with Crippen LogP contribution < -0.4 is 5.32 Å². The Morgan fingerprint density at radius 3 is 2.48 bits per heavy atom. The van der Waals surface area contributed by atoms with Gasteiger partial charge in [-0.3, -0.25) is 0 Å². The molecule has 0 amide bonds. The molecule has 0 radical (unpaired) electrons. The second kappa shape index (κ2) is 8.21. The summed E-state index contributed by atoms with van der Waals surface area (Å²) in [5.74, 6) is 1.78. The van der Waals surface area contributed by atoms with Crippen molar-refractivity contribution in [3.8, 4) is 11.3 Å². The summed E-state index contributed by atoms with van der Waals surface area (Å²) in [6.07, 6.45) is 0. The SMILES string of the molecule is Cc1c(Cl)cccc1-c1ccc(CNCc2ccccc2)o1.Cl. The van der Waals surface area contributed by atoms with E-state index in [0.717, 1.165) is 34.2 Å². The van der Waals surface area contributed by atoms with E-state index in [1.165, 1.54) is 5.56 Å².